The standard InChI is InChI=1S/C14H27N3O/c1-10-7-16-12(8-15-10)13(18)17-6-5-11(9-17)14(2,3)4/h10-12,15-16H,5-9H2,1-4H3. The first-order valence-electron chi connectivity index (χ1n) is 7.13. The van der Waals surface area contributed by atoms with Gasteiger partial charge in [0.15, 0.2) is 0 Å². The summed E-state index contributed by atoms with van der Waals surface area (Å²) in [6, 6.07) is 0.440. The van der Waals surface area contributed by atoms with Crippen LogP contribution in [0.3, 0.4) is 0 Å². The molecule has 0 radical (unpaired) electrons. The molecule has 3 atom stereocenters. The van der Waals surface area contributed by atoms with Crippen LogP contribution in [0.25, 0.3) is 0 Å². The quantitative estimate of drug-likeness (QED) is 0.727. The van der Waals surface area contributed by atoms with E-state index in [1.807, 2.05) is 4.90 Å². The highest BCUT2D eigenvalue weighted by Gasteiger charge is 2.36. The van der Waals surface area contributed by atoms with Crippen LogP contribution in [0.2, 0.25) is 0 Å². The lowest BCUT2D eigenvalue weighted by atomic mass is 9.80. The average molecular weight is 253 g/mol. The van der Waals surface area contributed by atoms with Gasteiger partial charge < -0.3 is 15.5 Å². The molecule has 0 aromatic carbocycles. The summed E-state index contributed by atoms with van der Waals surface area (Å²) in [6.45, 7) is 12.4. The average Bonchev–Trinajstić information content (AvgIpc) is 2.78. The van der Waals surface area contributed by atoms with Crippen LogP contribution in [-0.2, 0) is 4.79 Å². The normalized spacial score (nSPS) is 33.8. The largest absolute Gasteiger partial charge is 0.341 e. The van der Waals surface area contributed by atoms with Crippen LogP contribution in [0.5, 0.6) is 0 Å². The second kappa shape index (κ2) is 5.17. The summed E-state index contributed by atoms with van der Waals surface area (Å²) in [7, 11) is 0. The highest BCUT2D eigenvalue weighted by atomic mass is 16.2. The second-order valence-corrected chi connectivity index (χ2v) is 6.91. The molecule has 104 valence electrons. The van der Waals surface area contributed by atoms with Crippen molar-refractivity contribution >= 4 is 5.91 Å². The molecule has 0 aliphatic carbocycles. The maximum absolute atomic E-state index is 12.4. The molecule has 3 unspecified atom stereocenters. The Kier molecular flexibility index (Phi) is 3.97. The highest BCUT2D eigenvalue weighted by Crippen LogP contribution is 2.33. The molecule has 2 N–H and O–H groups in total. The van der Waals surface area contributed by atoms with Crippen LogP contribution in [0, 0.1) is 11.3 Å². The number of hydrogen-bond donors (Lipinski definition) is 2. The number of hydrogen-bond acceptors (Lipinski definition) is 3. The molecule has 2 aliphatic rings. The molecule has 2 rings (SSSR count). The lowest BCUT2D eigenvalue weighted by Gasteiger charge is -2.32. The van der Waals surface area contributed by atoms with Crippen LogP contribution < -0.4 is 10.6 Å². The third kappa shape index (κ3) is 3.04. The Hall–Kier alpha value is -0.610. The molecule has 0 saturated carbocycles. The van der Waals surface area contributed by atoms with Crippen molar-refractivity contribution < 1.29 is 4.79 Å². The Balaban J connectivity index is 1.88. The number of likely N-dealkylation sites (tertiary alicyclic amines) is 1. The van der Waals surface area contributed by atoms with Gasteiger partial charge in [0.1, 0.15) is 0 Å². The Morgan fingerprint density at radius 3 is 2.44 bits per heavy atom. The van der Waals surface area contributed by atoms with Crippen molar-refractivity contribution in [2.24, 2.45) is 11.3 Å². The van der Waals surface area contributed by atoms with Gasteiger partial charge in [-0.05, 0) is 24.7 Å². The summed E-state index contributed by atoms with van der Waals surface area (Å²) in [6.07, 6.45) is 1.14. The minimum atomic E-state index is -0.0279. The number of nitrogens with zero attached hydrogens (tertiary/aromatic N) is 1. The first-order chi connectivity index (χ1) is 8.38. The smallest absolute Gasteiger partial charge is 0.241 e. The van der Waals surface area contributed by atoms with E-state index in [0.717, 1.165) is 32.6 Å². The monoisotopic (exact) mass is 253 g/mol. The molecule has 2 aliphatic heterocycles. The summed E-state index contributed by atoms with van der Waals surface area (Å²) in [5, 5.41) is 6.71. The van der Waals surface area contributed by atoms with Gasteiger partial charge in [-0.2, -0.15) is 0 Å². The summed E-state index contributed by atoms with van der Waals surface area (Å²) < 4.78 is 0. The van der Waals surface area contributed by atoms with Gasteiger partial charge in [-0.25, -0.2) is 0 Å². The predicted molar refractivity (Wildman–Crippen MR) is 73.4 cm³/mol. The molecule has 1 amide bonds. The minimum absolute atomic E-state index is 0.0279. The van der Waals surface area contributed by atoms with E-state index < -0.39 is 0 Å². The Morgan fingerprint density at radius 2 is 1.94 bits per heavy atom. The first kappa shape index (κ1) is 13.8. The Morgan fingerprint density at radius 1 is 1.22 bits per heavy atom. The zero-order valence-corrected chi connectivity index (χ0v) is 12.1. The predicted octanol–water partition coefficient (Wildman–Crippen LogP) is 0.831. The zero-order valence-electron chi connectivity index (χ0n) is 12.1. The Labute approximate surface area is 110 Å². The lowest BCUT2D eigenvalue weighted by Crippen LogP contribution is -2.59. The molecular formula is C14H27N3O. The molecule has 0 aromatic heterocycles. The molecule has 4 heteroatoms. The second-order valence-electron chi connectivity index (χ2n) is 6.91. The van der Waals surface area contributed by atoms with E-state index in [2.05, 4.69) is 38.3 Å². The number of carbonyl (C=O) groups excluding carboxylic acids is 1. The molecular weight excluding hydrogens is 226 g/mol. The molecule has 0 bridgehead atoms. The number of carbonyl (C=O) groups is 1. The number of nitrogens with one attached hydrogen (secondary N) is 2. The van der Waals surface area contributed by atoms with E-state index in [9.17, 15) is 4.79 Å². The molecule has 4 nitrogen and oxygen atoms in total. The highest BCUT2D eigenvalue weighted by molar-refractivity contribution is 5.82. The van der Waals surface area contributed by atoms with Gasteiger partial charge in [-0.15, -0.1) is 0 Å². The van der Waals surface area contributed by atoms with Crippen LogP contribution in [0.1, 0.15) is 34.1 Å². The molecule has 2 saturated heterocycles. The van der Waals surface area contributed by atoms with Crippen LogP contribution in [-0.4, -0.2) is 49.1 Å². The molecule has 2 heterocycles. The third-order valence-corrected chi connectivity index (χ3v) is 4.36. The van der Waals surface area contributed by atoms with Crippen LogP contribution in [0.4, 0.5) is 0 Å². The van der Waals surface area contributed by atoms with Crippen molar-refractivity contribution in [3.8, 4) is 0 Å². The maximum atomic E-state index is 12.4. The third-order valence-electron chi connectivity index (χ3n) is 4.36. The van der Waals surface area contributed by atoms with Crippen molar-refractivity contribution in [3.05, 3.63) is 0 Å². The van der Waals surface area contributed by atoms with Gasteiger partial charge in [-0.1, -0.05) is 20.8 Å². The van der Waals surface area contributed by atoms with E-state index in [-0.39, 0.29) is 11.9 Å². The van der Waals surface area contributed by atoms with Crippen molar-refractivity contribution in [1.82, 2.24) is 15.5 Å². The van der Waals surface area contributed by atoms with E-state index >= 15 is 0 Å². The topological polar surface area (TPSA) is 44.4 Å². The number of rotatable bonds is 1. The van der Waals surface area contributed by atoms with E-state index in [1.54, 1.807) is 0 Å². The fraction of sp³-hybridized carbons (Fsp3) is 0.929. The van der Waals surface area contributed by atoms with E-state index in [4.69, 9.17) is 0 Å². The van der Waals surface area contributed by atoms with Gasteiger partial charge in [-0.3, -0.25) is 4.79 Å². The van der Waals surface area contributed by atoms with E-state index in [1.165, 1.54) is 0 Å². The lowest BCUT2D eigenvalue weighted by molar-refractivity contribution is -0.133. The number of piperazine rings is 1. The first-order valence-corrected chi connectivity index (χ1v) is 7.13. The summed E-state index contributed by atoms with van der Waals surface area (Å²) in [4.78, 5) is 14.4. The van der Waals surface area contributed by atoms with Crippen LogP contribution >= 0.6 is 0 Å². The fourth-order valence-corrected chi connectivity index (χ4v) is 2.84. The Bertz CT molecular complexity index is 303. The maximum Gasteiger partial charge on any atom is 0.241 e. The molecule has 0 spiro atoms. The van der Waals surface area contributed by atoms with Crippen molar-refractivity contribution in [2.45, 2.75) is 46.2 Å². The summed E-state index contributed by atoms with van der Waals surface area (Å²) >= 11 is 0. The summed E-state index contributed by atoms with van der Waals surface area (Å²) in [5.74, 6) is 0.915. The summed E-state index contributed by atoms with van der Waals surface area (Å²) in [5.41, 5.74) is 0.307. The van der Waals surface area contributed by atoms with Gasteiger partial charge in [0.05, 0.1) is 6.04 Å². The van der Waals surface area contributed by atoms with Gasteiger partial charge in [0.25, 0.3) is 0 Å². The van der Waals surface area contributed by atoms with Gasteiger partial charge >= 0.3 is 0 Å². The fourth-order valence-electron chi connectivity index (χ4n) is 2.84. The number of amides is 1. The van der Waals surface area contributed by atoms with Crippen molar-refractivity contribution in [1.29, 1.82) is 0 Å². The minimum Gasteiger partial charge on any atom is -0.341 e. The van der Waals surface area contributed by atoms with Gasteiger partial charge in [0.2, 0.25) is 5.91 Å². The van der Waals surface area contributed by atoms with Crippen LogP contribution in [0.15, 0.2) is 0 Å². The zero-order chi connectivity index (χ0) is 13.3. The van der Waals surface area contributed by atoms with Crippen molar-refractivity contribution in [2.75, 3.05) is 26.2 Å². The molecule has 18 heavy (non-hydrogen) atoms. The SMILES string of the molecule is CC1CNC(C(=O)N2CCC(C(C)(C)C)C2)CN1. The van der Waals surface area contributed by atoms with Gasteiger partial charge in [0, 0.05) is 32.2 Å². The molecule has 2 fully saturated rings. The molecule has 0 aromatic rings. The van der Waals surface area contributed by atoms with Crippen molar-refractivity contribution in [3.63, 3.8) is 0 Å². The van der Waals surface area contributed by atoms with E-state index in [0.29, 0.717) is 17.4 Å².